The molecule has 1 aromatic carbocycles. The smallest absolute Gasteiger partial charge is 0.0350 e. The Hall–Kier alpha value is -1.76. The third-order valence-corrected chi connectivity index (χ3v) is 2.16. The van der Waals surface area contributed by atoms with Gasteiger partial charge < -0.3 is 5.73 Å². The molecule has 0 atom stereocenters. The number of hydrogen-bond donors (Lipinski definition) is 1. The first-order valence-corrected chi connectivity index (χ1v) is 5.10. The Labute approximate surface area is 91.6 Å². The Morgan fingerprint density at radius 1 is 1.13 bits per heavy atom. The zero-order chi connectivity index (χ0) is 11.1. The molecule has 0 unspecified atom stereocenters. The molecule has 0 aliphatic carbocycles. The van der Waals surface area contributed by atoms with Crippen molar-refractivity contribution in [2.45, 2.75) is 13.8 Å². The summed E-state index contributed by atoms with van der Waals surface area (Å²) in [5, 5.41) is 0. The van der Waals surface area contributed by atoms with E-state index in [2.05, 4.69) is 12.1 Å². The quantitative estimate of drug-likeness (QED) is 0.741. The van der Waals surface area contributed by atoms with E-state index in [1.807, 2.05) is 56.4 Å². The maximum atomic E-state index is 5.95. The average molecular weight is 199 g/mol. The molecule has 0 saturated carbocycles. The molecule has 0 aromatic heterocycles. The molecule has 78 valence electrons. The molecule has 1 nitrogen and oxygen atoms in total. The Morgan fingerprint density at radius 2 is 1.80 bits per heavy atom. The molecular weight excluding hydrogens is 182 g/mol. The van der Waals surface area contributed by atoms with Gasteiger partial charge in [-0.3, -0.25) is 0 Å². The van der Waals surface area contributed by atoms with Crippen molar-refractivity contribution in [3.63, 3.8) is 0 Å². The molecule has 0 saturated heterocycles. The fourth-order valence-corrected chi connectivity index (χ4v) is 1.32. The van der Waals surface area contributed by atoms with Gasteiger partial charge in [0.05, 0.1) is 0 Å². The first-order chi connectivity index (χ1) is 7.29. The highest BCUT2D eigenvalue weighted by molar-refractivity contribution is 5.78. The van der Waals surface area contributed by atoms with Crippen LogP contribution >= 0.6 is 0 Å². The monoisotopic (exact) mass is 199 g/mol. The van der Waals surface area contributed by atoms with E-state index < -0.39 is 0 Å². The second-order valence-corrected chi connectivity index (χ2v) is 3.22. The van der Waals surface area contributed by atoms with Gasteiger partial charge in [0.15, 0.2) is 0 Å². The van der Waals surface area contributed by atoms with Crippen LogP contribution < -0.4 is 5.73 Å². The summed E-state index contributed by atoms with van der Waals surface area (Å²) in [5.41, 5.74) is 8.96. The maximum absolute atomic E-state index is 5.95. The second kappa shape index (κ2) is 5.86. The normalized spacial score (nSPS) is 13.5. The standard InChI is InChI=1S/C14H17N/c1-3-5-11-13(14(15)4-2)12-9-7-6-8-10-12/h3-11H,15H2,1-2H3/b5-3-,13-11-,14-4+. The highest BCUT2D eigenvalue weighted by atomic mass is 14.6. The SMILES string of the molecule is C\C=C/C=C(\C(N)=C/C)c1ccccc1. The Bertz CT molecular complexity index is 383. The van der Waals surface area contributed by atoms with Gasteiger partial charge in [0, 0.05) is 11.3 Å². The lowest BCUT2D eigenvalue weighted by molar-refractivity contribution is 1.39. The summed E-state index contributed by atoms with van der Waals surface area (Å²) in [4.78, 5) is 0. The Balaban J connectivity index is 3.13. The second-order valence-electron chi connectivity index (χ2n) is 3.22. The molecule has 0 fully saturated rings. The van der Waals surface area contributed by atoms with E-state index in [9.17, 15) is 0 Å². The molecule has 1 rings (SSSR count). The van der Waals surface area contributed by atoms with Crippen molar-refractivity contribution >= 4 is 5.57 Å². The maximum Gasteiger partial charge on any atom is 0.0350 e. The minimum absolute atomic E-state index is 0.805. The van der Waals surface area contributed by atoms with Crippen LogP contribution in [0.5, 0.6) is 0 Å². The summed E-state index contributed by atoms with van der Waals surface area (Å²) in [6.07, 6.45) is 7.94. The van der Waals surface area contributed by atoms with Crippen molar-refractivity contribution in [2.24, 2.45) is 5.73 Å². The minimum atomic E-state index is 0.805. The third-order valence-electron chi connectivity index (χ3n) is 2.16. The number of benzene rings is 1. The van der Waals surface area contributed by atoms with Crippen molar-refractivity contribution in [1.29, 1.82) is 0 Å². The van der Waals surface area contributed by atoms with Gasteiger partial charge in [-0.05, 0) is 19.4 Å². The first-order valence-electron chi connectivity index (χ1n) is 5.10. The van der Waals surface area contributed by atoms with Crippen molar-refractivity contribution in [3.8, 4) is 0 Å². The van der Waals surface area contributed by atoms with Gasteiger partial charge in [0.2, 0.25) is 0 Å². The average Bonchev–Trinajstić information content (AvgIpc) is 2.30. The lowest BCUT2D eigenvalue weighted by Gasteiger charge is -2.06. The van der Waals surface area contributed by atoms with Crippen LogP contribution in [-0.2, 0) is 0 Å². The predicted molar refractivity (Wildman–Crippen MR) is 67.2 cm³/mol. The molecule has 1 heteroatoms. The highest BCUT2D eigenvalue weighted by Crippen LogP contribution is 2.19. The van der Waals surface area contributed by atoms with Crippen LogP contribution in [0.15, 0.2) is 60.3 Å². The van der Waals surface area contributed by atoms with E-state index in [-0.39, 0.29) is 0 Å². The third kappa shape index (κ3) is 3.13. The zero-order valence-electron chi connectivity index (χ0n) is 9.27. The van der Waals surface area contributed by atoms with E-state index in [0.717, 1.165) is 16.8 Å². The molecule has 0 radical (unpaired) electrons. The topological polar surface area (TPSA) is 26.0 Å². The van der Waals surface area contributed by atoms with E-state index in [1.54, 1.807) is 0 Å². The molecule has 15 heavy (non-hydrogen) atoms. The van der Waals surface area contributed by atoms with Crippen molar-refractivity contribution in [2.75, 3.05) is 0 Å². The van der Waals surface area contributed by atoms with E-state index >= 15 is 0 Å². The number of allylic oxidation sites excluding steroid dienone is 5. The summed E-state index contributed by atoms with van der Waals surface area (Å²) in [6, 6.07) is 10.2. The van der Waals surface area contributed by atoms with Crippen molar-refractivity contribution in [3.05, 3.63) is 65.9 Å². The zero-order valence-corrected chi connectivity index (χ0v) is 9.27. The van der Waals surface area contributed by atoms with Gasteiger partial charge in [-0.2, -0.15) is 0 Å². The molecule has 0 aliphatic heterocycles. The molecule has 0 amide bonds. The van der Waals surface area contributed by atoms with Gasteiger partial charge in [0.25, 0.3) is 0 Å². The first kappa shape index (κ1) is 11.3. The van der Waals surface area contributed by atoms with Crippen LogP contribution in [0.4, 0.5) is 0 Å². The minimum Gasteiger partial charge on any atom is -0.398 e. The Kier molecular flexibility index (Phi) is 4.42. The number of hydrogen-bond acceptors (Lipinski definition) is 1. The van der Waals surface area contributed by atoms with E-state index in [1.165, 1.54) is 0 Å². The van der Waals surface area contributed by atoms with Crippen molar-refractivity contribution < 1.29 is 0 Å². The summed E-state index contributed by atoms with van der Waals surface area (Å²) in [6.45, 7) is 3.94. The van der Waals surface area contributed by atoms with Crippen LogP contribution in [0.25, 0.3) is 5.57 Å². The summed E-state index contributed by atoms with van der Waals surface area (Å²) in [5.74, 6) is 0. The predicted octanol–water partition coefficient (Wildman–Crippen LogP) is 3.51. The molecule has 0 spiro atoms. The van der Waals surface area contributed by atoms with Gasteiger partial charge >= 0.3 is 0 Å². The number of nitrogens with two attached hydrogens (primary N) is 1. The Morgan fingerprint density at radius 3 is 2.33 bits per heavy atom. The fourth-order valence-electron chi connectivity index (χ4n) is 1.32. The summed E-state index contributed by atoms with van der Waals surface area (Å²) < 4.78 is 0. The number of rotatable bonds is 3. The molecule has 1 aromatic rings. The molecule has 0 bridgehead atoms. The van der Waals surface area contributed by atoms with Crippen LogP contribution in [0.3, 0.4) is 0 Å². The fraction of sp³-hybridized carbons (Fsp3) is 0.143. The van der Waals surface area contributed by atoms with E-state index in [0.29, 0.717) is 0 Å². The molecule has 0 aliphatic rings. The van der Waals surface area contributed by atoms with E-state index in [4.69, 9.17) is 5.73 Å². The summed E-state index contributed by atoms with van der Waals surface area (Å²) >= 11 is 0. The van der Waals surface area contributed by atoms with Gasteiger partial charge in [-0.25, -0.2) is 0 Å². The summed E-state index contributed by atoms with van der Waals surface area (Å²) in [7, 11) is 0. The van der Waals surface area contributed by atoms with Gasteiger partial charge in [-0.15, -0.1) is 0 Å². The van der Waals surface area contributed by atoms with Crippen LogP contribution in [0.2, 0.25) is 0 Å². The lowest BCUT2D eigenvalue weighted by Crippen LogP contribution is -1.99. The lowest BCUT2D eigenvalue weighted by atomic mass is 10.0. The van der Waals surface area contributed by atoms with Crippen LogP contribution in [0, 0.1) is 0 Å². The van der Waals surface area contributed by atoms with Crippen LogP contribution in [0.1, 0.15) is 19.4 Å². The molecule has 0 heterocycles. The van der Waals surface area contributed by atoms with Crippen molar-refractivity contribution in [1.82, 2.24) is 0 Å². The van der Waals surface area contributed by atoms with Crippen LogP contribution in [-0.4, -0.2) is 0 Å². The molecular formula is C14H17N. The van der Waals surface area contributed by atoms with Gasteiger partial charge in [-0.1, -0.05) is 54.6 Å². The van der Waals surface area contributed by atoms with Gasteiger partial charge in [0.1, 0.15) is 0 Å². The highest BCUT2D eigenvalue weighted by Gasteiger charge is 2.01. The molecule has 2 N–H and O–H groups in total. The largest absolute Gasteiger partial charge is 0.398 e.